The second kappa shape index (κ2) is 10.6. The summed E-state index contributed by atoms with van der Waals surface area (Å²) in [4.78, 5) is 5.97. The van der Waals surface area contributed by atoms with Crippen molar-refractivity contribution in [3.8, 4) is 17.0 Å². The fraction of sp³-hybridized carbons (Fsp3) is 0.292. The Labute approximate surface area is 187 Å². The summed E-state index contributed by atoms with van der Waals surface area (Å²) < 4.78 is 7.69. The molecule has 0 radical (unpaired) electrons. The van der Waals surface area contributed by atoms with Gasteiger partial charge in [0.05, 0.1) is 18.5 Å². The molecule has 0 saturated carbocycles. The molecule has 1 heterocycles. The minimum absolute atomic E-state index is 0. The molecule has 0 bridgehead atoms. The van der Waals surface area contributed by atoms with Crippen LogP contribution in [0.15, 0.2) is 76.6 Å². The van der Waals surface area contributed by atoms with Crippen LogP contribution in [0.1, 0.15) is 32.1 Å². The topological polar surface area (TPSA) is 26.5 Å². The maximum absolute atomic E-state index is 5.32. The van der Waals surface area contributed by atoms with E-state index in [1.165, 1.54) is 36.9 Å². The summed E-state index contributed by atoms with van der Waals surface area (Å²) in [5.74, 6) is 0.882. The fourth-order valence-electron chi connectivity index (χ4n) is 3.63. The van der Waals surface area contributed by atoms with Crippen LogP contribution in [0.5, 0.6) is 5.75 Å². The largest absolute Gasteiger partial charge is 0.497 e. The van der Waals surface area contributed by atoms with Gasteiger partial charge in [-0.1, -0.05) is 29.8 Å². The van der Waals surface area contributed by atoms with Gasteiger partial charge in [-0.2, -0.15) is 0 Å². The lowest BCUT2D eigenvalue weighted by Crippen LogP contribution is -2.16. The predicted molar refractivity (Wildman–Crippen MR) is 127 cm³/mol. The third kappa shape index (κ3) is 5.49. The summed E-state index contributed by atoms with van der Waals surface area (Å²) in [6.07, 6.45) is 8.68. The number of thiazole rings is 1. The molecule has 5 heteroatoms. The van der Waals surface area contributed by atoms with Gasteiger partial charge in [-0.3, -0.25) is 0 Å². The Morgan fingerprint density at radius 1 is 1.03 bits per heavy atom. The number of allylic oxidation sites excluding steroid dienone is 2. The molecule has 0 spiro atoms. The minimum atomic E-state index is 0. The second-order valence-corrected chi connectivity index (χ2v) is 7.93. The highest BCUT2D eigenvalue weighted by molar-refractivity contribution is 8.93. The number of halogens is 1. The summed E-state index contributed by atoms with van der Waals surface area (Å²) in [5, 5.41) is 2.22. The van der Waals surface area contributed by atoms with Crippen molar-refractivity contribution in [3.05, 3.63) is 76.4 Å². The molecule has 4 rings (SSSR count). The average molecular weight is 471 g/mol. The second-order valence-electron chi connectivity index (χ2n) is 7.09. The van der Waals surface area contributed by atoms with Crippen LogP contribution in [-0.2, 0) is 6.54 Å². The molecule has 3 nitrogen and oxygen atoms in total. The summed E-state index contributed by atoms with van der Waals surface area (Å²) in [6, 6.07) is 18.5. The number of hydrogen-bond acceptors (Lipinski definition) is 3. The highest BCUT2D eigenvalue weighted by Crippen LogP contribution is 2.26. The molecule has 152 valence electrons. The molecule has 0 N–H and O–H groups in total. The van der Waals surface area contributed by atoms with Crippen LogP contribution in [0.3, 0.4) is 0 Å². The van der Waals surface area contributed by atoms with E-state index in [0.717, 1.165) is 29.2 Å². The van der Waals surface area contributed by atoms with Gasteiger partial charge >= 0.3 is 0 Å². The lowest BCUT2D eigenvalue weighted by Gasteiger charge is -2.15. The van der Waals surface area contributed by atoms with E-state index in [1.807, 2.05) is 30.3 Å². The van der Waals surface area contributed by atoms with Crippen LogP contribution in [-0.4, -0.2) is 11.7 Å². The molecule has 0 aliphatic heterocycles. The number of benzene rings is 2. The number of para-hydroxylation sites is 1. The van der Waals surface area contributed by atoms with E-state index in [9.17, 15) is 0 Å². The van der Waals surface area contributed by atoms with E-state index in [-0.39, 0.29) is 17.0 Å². The van der Waals surface area contributed by atoms with Gasteiger partial charge in [-0.15, -0.1) is 28.3 Å². The Morgan fingerprint density at radius 2 is 1.83 bits per heavy atom. The molecule has 2 aromatic carbocycles. The van der Waals surface area contributed by atoms with Crippen LogP contribution in [0.4, 0.5) is 5.69 Å². The molecule has 0 atom stereocenters. The molecule has 29 heavy (non-hydrogen) atoms. The monoisotopic (exact) mass is 470 g/mol. The molecule has 1 aromatic heterocycles. The van der Waals surface area contributed by atoms with Crippen molar-refractivity contribution in [1.29, 1.82) is 0 Å². The first-order valence-electron chi connectivity index (χ1n) is 9.94. The lowest BCUT2D eigenvalue weighted by molar-refractivity contribution is 0.415. The number of rotatable bonds is 6. The number of methoxy groups -OCH3 is 1. The third-order valence-electron chi connectivity index (χ3n) is 5.21. The van der Waals surface area contributed by atoms with Crippen molar-refractivity contribution >= 4 is 34.0 Å². The third-order valence-corrected chi connectivity index (χ3v) is 6.07. The van der Waals surface area contributed by atoms with Crippen molar-refractivity contribution in [2.75, 3.05) is 7.11 Å². The van der Waals surface area contributed by atoms with Crippen molar-refractivity contribution < 1.29 is 4.74 Å². The quantitative estimate of drug-likeness (QED) is 0.358. The first-order chi connectivity index (χ1) is 13.8. The fourth-order valence-corrected chi connectivity index (χ4v) is 4.58. The summed E-state index contributed by atoms with van der Waals surface area (Å²) >= 11 is 1.71. The zero-order valence-corrected chi connectivity index (χ0v) is 19.2. The summed E-state index contributed by atoms with van der Waals surface area (Å²) in [6.45, 7) is 0.961. The Morgan fingerprint density at radius 3 is 2.52 bits per heavy atom. The van der Waals surface area contributed by atoms with Gasteiger partial charge in [0.25, 0.3) is 0 Å². The SMILES string of the molecule is Br.COc1ccc(-c2csc(=Nc3ccccc3)n2CCC2=CCCCC2)cc1. The van der Waals surface area contributed by atoms with E-state index in [1.54, 1.807) is 24.0 Å². The molecule has 3 aromatic rings. The standard InChI is InChI=1S/C24H26N2OS.BrH/c1-27-22-14-12-20(13-15-22)23-18-28-24(25-21-10-6-3-7-11-21)26(23)17-16-19-8-4-2-5-9-19;/h3,6-8,10-15,18H,2,4-5,9,16-17H2,1H3;1H. The van der Waals surface area contributed by atoms with Crippen molar-refractivity contribution in [3.63, 3.8) is 0 Å². The lowest BCUT2D eigenvalue weighted by atomic mass is 9.97. The van der Waals surface area contributed by atoms with E-state index in [4.69, 9.17) is 9.73 Å². The van der Waals surface area contributed by atoms with Gasteiger partial charge in [-0.25, -0.2) is 4.99 Å². The van der Waals surface area contributed by atoms with Crippen LogP contribution >= 0.6 is 28.3 Å². The smallest absolute Gasteiger partial charge is 0.190 e. The number of hydrogen-bond donors (Lipinski definition) is 0. The first kappa shape index (κ1) is 21.6. The normalized spacial score (nSPS) is 14.2. The van der Waals surface area contributed by atoms with Gasteiger partial charge in [0, 0.05) is 11.9 Å². The Bertz CT molecular complexity index is 1000. The molecule has 0 amide bonds. The molecule has 0 saturated heterocycles. The van der Waals surface area contributed by atoms with Crippen LogP contribution in [0, 0.1) is 0 Å². The van der Waals surface area contributed by atoms with E-state index in [0.29, 0.717) is 0 Å². The Balaban J connectivity index is 0.00000240. The molecule has 0 fully saturated rings. The highest BCUT2D eigenvalue weighted by atomic mass is 79.9. The van der Waals surface area contributed by atoms with Crippen LogP contribution in [0.25, 0.3) is 11.3 Å². The first-order valence-corrected chi connectivity index (χ1v) is 10.8. The number of ether oxygens (including phenoxy) is 1. The molecule has 1 aliphatic carbocycles. The summed E-state index contributed by atoms with van der Waals surface area (Å²) in [5.41, 5.74) is 5.01. The zero-order valence-electron chi connectivity index (χ0n) is 16.7. The van der Waals surface area contributed by atoms with Gasteiger partial charge in [0.1, 0.15) is 5.75 Å². The summed E-state index contributed by atoms with van der Waals surface area (Å²) in [7, 11) is 1.70. The molecular weight excluding hydrogens is 444 g/mol. The average Bonchev–Trinajstić information content (AvgIpc) is 3.16. The Kier molecular flexibility index (Phi) is 7.90. The molecule has 0 unspecified atom stereocenters. The maximum Gasteiger partial charge on any atom is 0.190 e. The molecule has 1 aliphatic rings. The van der Waals surface area contributed by atoms with Gasteiger partial charge in [0.2, 0.25) is 0 Å². The van der Waals surface area contributed by atoms with Gasteiger partial charge in [0.15, 0.2) is 4.80 Å². The van der Waals surface area contributed by atoms with Crippen LogP contribution < -0.4 is 9.54 Å². The van der Waals surface area contributed by atoms with E-state index >= 15 is 0 Å². The van der Waals surface area contributed by atoms with Gasteiger partial charge < -0.3 is 9.30 Å². The van der Waals surface area contributed by atoms with E-state index in [2.05, 4.69) is 40.3 Å². The van der Waals surface area contributed by atoms with Crippen LogP contribution in [0.2, 0.25) is 0 Å². The zero-order chi connectivity index (χ0) is 19.2. The molecular formula is C24H27BrN2OS. The number of aromatic nitrogens is 1. The predicted octanol–water partition coefficient (Wildman–Crippen LogP) is 6.93. The highest BCUT2D eigenvalue weighted by Gasteiger charge is 2.11. The number of nitrogens with zero attached hydrogens (tertiary/aromatic N) is 2. The maximum atomic E-state index is 5.32. The van der Waals surface area contributed by atoms with Gasteiger partial charge in [-0.05, 0) is 74.1 Å². The Hall–Kier alpha value is -2.11. The van der Waals surface area contributed by atoms with Crippen molar-refractivity contribution in [2.45, 2.75) is 38.6 Å². The minimum Gasteiger partial charge on any atom is -0.497 e. The van der Waals surface area contributed by atoms with Crippen molar-refractivity contribution in [2.24, 2.45) is 4.99 Å². The van der Waals surface area contributed by atoms with Crippen molar-refractivity contribution in [1.82, 2.24) is 4.57 Å². The van der Waals surface area contributed by atoms with E-state index < -0.39 is 0 Å².